The van der Waals surface area contributed by atoms with Gasteiger partial charge in [0, 0.05) is 21.3 Å². The zero-order valence-electron chi connectivity index (χ0n) is 16.6. The van der Waals surface area contributed by atoms with Gasteiger partial charge in [-0.1, -0.05) is 48.3 Å². The van der Waals surface area contributed by atoms with Gasteiger partial charge >= 0.3 is 12.0 Å². The second-order valence-electron chi connectivity index (χ2n) is 6.80. The first-order valence-electron chi connectivity index (χ1n) is 9.51. The summed E-state index contributed by atoms with van der Waals surface area (Å²) in [6.07, 6.45) is 0.707. The number of urea groups is 1. The highest BCUT2D eigenvalue weighted by atomic mass is 35.5. The molecule has 0 spiro atoms. The van der Waals surface area contributed by atoms with Gasteiger partial charge < -0.3 is 20.1 Å². The molecule has 0 saturated carbocycles. The van der Waals surface area contributed by atoms with Crippen LogP contribution in [-0.2, 0) is 16.1 Å². The fourth-order valence-corrected chi connectivity index (χ4v) is 3.53. The lowest BCUT2D eigenvalue weighted by molar-refractivity contribution is -0.139. The molecule has 0 aromatic heterocycles. The molecule has 0 fully saturated rings. The summed E-state index contributed by atoms with van der Waals surface area (Å²) in [5.74, 6) is 0.108. The van der Waals surface area contributed by atoms with Crippen LogP contribution in [0.4, 0.5) is 4.79 Å². The molecule has 0 saturated heterocycles. The van der Waals surface area contributed by atoms with Crippen molar-refractivity contribution >= 4 is 35.2 Å². The molecule has 2 aromatic carbocycles. The Morgan fingerprint density at radius 2 is 1.97 bits per heavy atom. The minimum absolute atomic E-state index is 0.248. The van der Waals surface area contributed by atoms with Crippen molar-refractivity contribution < 1.29 is 19.1 Å². The maximum absolute atomic E-state index is 12.6. The SMILES string of the molecule is CCCOC(=O)C1=C(C)NC(=O)NC1c1cccc(OCc2ccc(Cl)cc2Cl)c1. The lowest BCUT2D eigenvalue weighted by atomic mass is 9.95. The monoisotopic (exact) mass is 448 g/mol. The van der Waals surface area contributed by atoms with Gasteiger partial charge in [0.1, 0.15) is 12.4 Å². The van der Waals surface area contributed by atoms with Gasteiger partial charge in [0.15, 0.2) is 0 Å². The third-order valence-electron chi connectivity index (χ3n) is 4.53. The number of benzene rings is 2. The van der Waals surface area contributed by atoms with Crippen molar-refractivity contribution in [1.29, 1.82) is 0 Å². The minimum atomic E-state index is -0.647. The molecule has 0 radical (unpaired) electrons. The Balaban J connectivity index is 1.82. The van der Waals surface area contributed by atoms with Crippen LogP contribution in [0.2, 0.25) is 10.0 Å². The van der Waals surface area contributed by atoms with E-state index < -0.39 is 12.0 Å². The maximum Gasteiger partial charge on any atom is 0.338 e. The van der Waals surface area contributed by atoms with Gasteiger partial charge in [0.05, 0.1) is 18.2 Å². The van der Waals surface area contributed by atoms with E-state index in [1.807, 2.05) is 13.0 Å². The van der Waals surface area contributed by atoms with Crippen molar-refractivity contribution in [3.8, 4) is 5.75 Å². The lowest BCUT2D eigenvalue weighted by Gasteiger charge is -2.28. The van der Waals surface area contributed by atoms with Crippen molar-refractivity contribution in [2.75, 3.05) is 6.61 Å². The van der Waals surface area contributed by atoms with Crippen LogP contribution in [0, 0.1) is 0 Å². The fraction of sp³-hybridized carbons (Fsp3) is 0.273. The smallest absolute Gasteiger partial charge is 0.338 e. The van der Waals surface area contributed by atoms with Gasteiger partial charge in [-0.3, -0.25) is 0 Å². The number of rotatable bonds is 7. The van der Waals surface area contributed by atoms with Gasteiger partial charge in [0.25, 0.3) is 0 Å². The third-order valence-corrected chi connectivity index (χ3v) is 5.11. The minimum Gasteiger partial charge on any atom is -0.489 e. The van der Waals surface area contributed by atoms with Crippen molar-refractivity contribution in [2.45, 2.75) is 32.9 Å². The Hall–Kier alpha value is -2.70. The van der Waals surface area contributed by atoms with E-state index in [4.69, 9.17) is 32.7 Å². The Morgan fingerprint density at radius 1 is 1.17 bits per heavy atom. The quantitative estimate of drug-likeness (QED) is 0.573. The molecule has 8 heteroatoms. The van der Waals surface area contributed by atoms with Crippen LogP contribution in [0.25, 0.3) is 0 Å². The lowest BCUT2D eigenvalue weighted by Crippen LogP contribution is -2.45. The number of esters is 1. The first kappa shape index (κ1) is 22.0. The summed E-state index contributed by atoms with van der Waals surface area (Å²) in [5.41, 5.74) is 2.32. The molecule has 0 bridgehead atoms. The fourth-order valence-electron chi connectivity index (χ4n) is 3.07. The molecular weight excluding hydrogens is 427 g/mol. The Morgan fingerprint density at radius 3 is 2.70 bits per heavy atom. The predicted octanol–water partition coefficient (Wildman–Crippen LogP) is 5.15. The molecule has 1 aliphatic heterocycles. The van der Waals surface area contributed by atoms with E-state index in [2.05, 4.69) is 10.6 Å². The first-order valence-corrected chi connectivity index (χ1v) is 10.3. The topological polar surface area (TPSA) is 76.7 Å². The highest BCUT2D eigenvalue weighted by molar-refractivity contribution is 6.35. The number of hydrogen-bond acceptors (Lipinski definition) is 4. The number of carbonyl (C=O) groups excluding carboxylic acids is 2. The molecule has 2 aromatic rings. The summed E-state index contributed by atoms with van der Waals surface area (Å²) in [6.45, 7) is 4.15. The summed E-state index contributed by atoms with van der Waals surface area (Å²) >= 11 is 12.1. The molecule has 1 heterocycles. The van der Waals surface area contributed by atoms with E-state index in [-0.39, 0.29) is 12.6 Å². The summed E-state index contributed by atoms with van der Waals surface area (Å²) < 4.78 is 11.2. The highest BCUT2D eigenvalue weighted by Gasteiger charge is 2.32. The van der Waals surface area contributed by atoms with E-state index in [9.17, 15) is 9.59 Å². The number of allylic oxidation sites excluding steroid dienone is 1. The molecule has 0 aliphatic carbocycles. The number of halogens is 2. The molecule has 1 aliphatic rings. The van der Waals surface area contributed by atoms with Crippen molar-refractivity contribution in [3.05, 3.63) is 74.9 Å². The Labute approximate surface area is 185 Å². The molecule has 3 rings (SSSR count). The average Bonchev–Trinajstić information content (AvgIpc) is 2.71. The van der Waals surface area contributed by atoms with Gasteiger partial charge in [-0.15, -0.1) is 0 Å². The van der Waals surface area contributed by atoms with Gasteiger partial charge in [-0.2, -0.15) is 0 Å². The van der Waals surface area contributed by atoms with Gasteiger partial charge in [-0.25, -0.2) is 9.59 Å². The number of carbonyl (C=O) groups is 2. The van der Waals surface area contributed by atoms with Crippen LogP contribution >= 0.6 is 23.2 Å². The average molecular weight is 449 g/mol. The number of amides is 2. The molecule has 1 atom stereocenters. The maximum atomic E-state index is 12.6. The second-order valence-corrected chi connectivity index (χ2v) is 7.65. The number of hydrogen-bond donors (Lipinski definition) is 2. The van der Waals surface area contributed by atoms with Crippen LogP contribution < -0.4 is 15.4 Å². The zero-order chi connectivity index (χ0) is 21.7. The molecular formula is C22H22Cl2N2O4. The molecule has 2 amide bonds. The summed E-state index contributed by atoms with van der Waals surface area (Å²) in [6, 6.07) is 11.4. The normalized spacial score (nSPS) is 16.0. The van der Waals surface area contributed by atoms with E-state index >= 15 is 0 Å². The Bertz CT molecular complexity index is 991. The van der Waals surface area contributed by atoms with E-state index in [1.165, 1.54) is 0 Å². The molecule has 2 N–H and O–H groups in total. The largest absolute Gasteiger partial charge is 0.489 e. The molecule has 1 unspecified atom stereocenters. The second kappa shape index (κ2) is 9.87. The van der Waals surface area contributed by atoms with E-state index in [1.54, 1.807) is 43.3 Å². The zero-order valence-corrected chi connectivity index (χ0v) is 18.1. The van der Waals surface area contributed by atoms with Crippen LogP contribution in [0.15, 0.2) is 53.7 Å². The highest BCUT2D eigenvalue weighted by Crippen LogP contribution is 2.30. The van der Waals surface area contributed by atoms with E-state index in [0.29, 0.717) is 45.7 Å². The van der Waals surface area contributed by atoms with Crippen molar-refractivity contribution in [2.24, 2.45) is 0 Å². The molecule has 6 nitrogen and oxygen atoms in total. The molecule has 158 valence electrons. The standard InChI is InChI=1S/C22H22Cl2N2O4/c1-3-9-29-21(27)19-13(2)25-22(28)26-20(19)14-5-4-6-17(10-14)30-12-15-7-8-16(23)11-18(15)24/h4-8,10-11,20H,3,9,12H2,1-2H3,(H2,25,26,28). The van der Waals surface area contributed by atoms with Crippen LogP contribution in [0.3, 0.4) is 0 Å². The first-order chi connectivity index (χ1) is 14.4. The summed E-state index contributed by atoms with van der Waals surface area (Å²) in [7, 11) is 0. The van der Waals surface area contributed by atoms with Gasteiger partial charge in [0.2, 0.25) is 0 Å². The van der Waals surface area contributed by atoms with Crippen molar-refractivity contribution in [1.82, 2.24) is 10.6 Å². The van der Waals surface area contributed by atoms with E-state index in [0.717, 1.165) is 5.56 Å². The van der Waals surface area contributed by atoms with Crippen molar-refractivity contribution in [3.63, 3.8) is 0 Å². The van der Waals surface area contributed by atoms with Crippen LogP contribution in [0.5, 0.6) is 5.75 Å². The van der Waals surface area contributed by atoms with Crippen LogP contribution in [-0.4, -0.2) is 18.6 Å². The number of nitrogens with one attached hydrogen (secondary N) is 2. The summed E-state index contributed by atoms with van der Waals surface area (Å²) in [5, 5.41) is 6.49. The number of ether oxygens (including phenoxy) is 2. The van der Waals surface area contributed by atoms with Crippen LogP contribution in [0.1, 0.15) is 37.4 Å². The summed E-state index contributed by atoms with van der Waals surface area (Å²) in [4.78, 5) is 24.6. The Kier molecular flexibility index (Phi) is 7.24. The predicted molar refractivity (Wildman–Crippen MR) is 116 cm³/mol. The third kappa shape index (κ3) is 5.26. The van der Waals surface area contributed by atoms with Gasteiger partial charge in [-0.05, 0) is 43.2 Å². The molecule has 30 heavy (non-hydrogen) atoms.